The molecule has 0 fully saturated rings. The van der Waals surface area contributed by atoms with Crippen molar-refractivity contribution in [3.8, 4) is 0 Å². The maximum atomic E-state index is 3.19. The molecule has 0 aliphatic heterocycles. The van der Waals surface area contributed by atoms with Gasteiger partial charge in [0.15, 0.2) is 0 Å². The van der Waals surface area contributed by atoms with Crippen molar-refractivity contribution in [3.63, 3.8) is 0 Å². The van der Waals surface area contributed by atoms with Crippen LogP contribution in [0.3, 0.4) is 0 Å². The molecule has 1 unspecified atom stereocenters. The molecule has 0 amide bonds. The lowest BCUT2D eigenvalue weighted by atomic mass is 9.96. The van der Waals surface area contributed by atoms with Crippen LogP contribution >= 0.6 is 12.4 Å². The van der Waals surface area contributed by atoms with Crippen molar-refractivity contribution in [3.05, 3.63) is 12.2 Å². The van der Waals surface area contributed by atoms with E-state index in [1.54, 1.807) is 0 Å². The molecule has 0 bridgehead atoms. The normalized spacial score (nSPS) is 23.9. The summed E-state index contributed by atoms with van der Waals surface area (Å²) in [5, 5.41) is 3.19. The average molecular weight is 162 g/mol. The highest BCUT2D eigenvalue weighted by molar-refractivity contribution is 5.85. The summed E-state index contributed by atoms with van der Waals surface area (Å²) in [4.78, 5) is 0. The summed E-state index contributed by atoms with van der Waals surface area (Å²) < 4.78 is 0. The lowest BCUT2D eigenvalue weighted by molar-refractivity contribution is 0.515. The molecule has 1 N–H and O–H groups in total. The Morgan fingerprint density at radius 2 is 2.40 bits per heavy atom. The van der Waals surface area contributed by atoms with Crippen LogP contribution in [0.1, 0.15) is 19.3 Å². The largest absolute Gasteiger partial charge is 0.319 e. The van der Waals surface area contributed by atoms with Crippen LogP contribution in [-0.4, -0.2) is 13.6 Å². The van der Waals surface area contributed by atoms with Gasteiger partial charge < -0.3 is 5.32 Å². The molecule has 0 heterocycles. The highest BCUT2D eigenvalue weighted by Gasteiger charge is 2.05. The molecular weight excluding hydrogens is 146 g/mol. The van der Waals surface area contributed by atoms with E-state index in [-0.39, 0.29) is 12.4 Å². The van der Waals surface area contributed by atoms with Crippen LogP contribution in [0.25, 0.3) is 0 Å². The first kappa shape index (κ1) is 9.99. The summed E-state index contributed by atoms with van der Waals surface area (Å²) >= 11 is 0. The summed E-state index contributed by atoms with van der Waals surface area (Å²) in [5.41, 5.74) is 0. The molecule has 1 atom stereocenters. The summed E-state index contributed by atoms with van der Waals surface area (Å²) in [5.74, 6) is 0.809. The van der Waals surface area contributed by atoms with Gasteiger partial charge in [0.1, 0.15) is 0 Å². The van der Waals surface area contributed by atoms with Crippen LogP contribution in [0, 0.1) is 5.92 Å². The predicted octanol–water partition coefficient (Wildman–Crippen LogP) is 1.98. The third-order valence-corrected chi connectivity index (χ3v) is 1.82. The van der Waals surface area contributed by atoms with Crippen molar-refractivity contribution < 1.29 is 0 Å². The molecule has 1 aliphatic rings. The minimum atomic E-state index is 0. The predicted molar refractivity (Wildman–Crippen MR) is 47.7 cm³/mol. The van der Waals surface area contributed by atoms with Gasteiger partial charge in [0.25, 0.3) is 0 Å². The van der Waals surface area contributed by atoms with Gasteiger partial charge in [0, 0.05) is 6.54 Å². The molecule has 60 valence electrons. The zero-order valence-corrected chi connectivity index (χ0v) is 7.29. The van der Waals surface area contributed by atoms with Gasteiger partial charge in [-0.15, -0.1) is 12.4 Å². The summed E-state index contributed by atoms with van der Waals surface area (Å²) in [6, 6.07) is 0. The Labute approximate surface area is 69.3 Å². The molecule has 0 aromatic rings. The maximum absolute atomic E-state index is 3.19. The number of hydrogen-bond acceptors (Lipinski definition) is 1. The molecule has 0 aromatic carbocycles. The van der Waals surface area contributed by atoms with Crippen molar-refractivity contribution in [2.24, 2.45) is 5.92 Å². The number of hydrogen-bond donors (Lipinski definition) is 1. The van der Waals surface area contributed by atoms with E-state index in [1.807, 2.05) is 7.05 Å². The maximum Gasteiger partial charge on any atom is 0.00112 e. The Kier molecular flexibility index (Phi) is 5.74. The Morgan fingerprint density at radius 1 is 1.60 bits per heavy atom. The van der Waals surface area contributed by atoms with E-state index in [4.69, 9.17) is 0 Å². The van der Waals surface area contributed by atoms with Crippen molar-refractivity contribution in [2.45, 2.75) is 19.3 Å². The third kappa shape index (κ3) is 3.23. The van der Waals surface area contributed by atoms with Gasteiger partial charge in [-0.1, -0.05) is 12.2 Å². The van der Waals surface area contributed by atoms with E-state index >= 15 is 0 Å². The molecule has 1 aliphatic carbocycles. The van der Waals surface area contributed by atoms with Gasteiger partial charge in [0.2, 0.25) is 0 Å². The van der Waals surface area contributed by atoms with Crippen LogP contribution in [0.2, 0.25) is 0 Å². The smallest absolute Gasteiger partial charge is 0.00112 e. The number of nitrogens with one attached hydrogen (secondary N) is 1. The van der Waals surface area contributed by atoms with Gasteiger partial charge in [0.05, 0.1) is 0 Å². The van der Waals surface area contributed by atoms with Crippen LogP contribution < -0.4 is 5.32 Å². The quantitative estimate of drug-likeness (QED) is 0.611. The van der Waals surface area contributed by atoms with E-state index < -0.39 is 0 Å². The van der Waals surface area contributed by atoms with Crippen molar-refractivity contribution in [2.75, 3.05) is 13.6 Å². The van der Waals surface area contributed by atoms with E-state index in [1.165, 1.54) is 19.3 Å². The molecule has 0 aromatic heterocycles. The molecule has 0 saturated heterocycles. The fraction of sp³-hybridized carbons (Fsp3) is 0.750. The highest BCUT2D eigenvalue weighted by atomic mass is 35.5. The zero-order chi connectivity index (χ0) is 6.53. The Morgan fingerprint density at radius 3 is 2.90 bits per heavy atom. The molecular formula is C8H16ClN. The van der Waals surface area contributed by atoms with Crippen molar-refractivity contribution >= 4 is 12.4 Å². The van der Waals surface area contributed by atoms with E-state index in [0.717, 1.165) is 12.5 Å². The summed E-state index contributed by atoms with van der Waals surface area (Å²) in [6.07, 6.45) is 8.67. The molecule has 1 nitrogen and oxygen atoms in total. The van der Waals surface area contributed by atoms with Crippen molar-refractivity contribution in [1.29, 1.82) is 0 Å². The molecule has 0 saturated carbocycles. The average Bonchev–Trinajstić information content (AvgIpc) is 1.91. The second-order valence-electron chi connectivity index (χ2n) is 2.68. The SMILES string of the molecule is CNCC1C=CCCC1.Cl. The highest BCUT2D eigenvalue weighted by Crippen LogP contribution is 2.15. The number of rotatable bonds is 2. The van der Waals surface area contributed by atoms with Crippen LogP contribution in [0.15, 0.2) is 12.2 Å². The lowest BCUT2D eigenvalue weighted by Gasteiger charge is -2.14. The number of allylic oxidation sites excluding steroid dienone is 1. The van der Waals surface area contributed by atoms with Gasteiger partial charge in [-0.3, -0.25) is 0 Å². The van der Waals surface area contributed by atoms with Crippen LogP contribution in [0.4, 0.5) is 0 Å². The monoisotopic (exact) mass is 161 g/mol. The Hall–Kier alpha value is -0.0100. The first-order valence-corrected chi connectivity index (χ1v) is 3.74. The zero-order valence-electron chi connectivity index (χ0n) is 6.47. The second-order valence-corrected chi connectivity index (χ2v) is 2.68. The fourth-order valence-electron chi connectivity index (χ4n) is 1.32. The molecule has 10 heavy (non-hydrogen) atoms. The molecule has 0 radical (unpaired) electrons. The number of halogens is 1. The van der Waals surface area contributed by atoms with E-state index in [9.17, 15) is 0 Å². The minimum absolute atomic E-state index is 0. The fourth-order valence-corrected chi connectivity index (χ4v) is 1.32. The van der Waals surface area contributed by atoms with Gasteiger partial charge in [-0.25, -0.2) is 0 Å². The van der Waals surface area contributed by atoms with Crippen LogP contribution in [-0.2, 0) is 0 Å². The van der Waals surface area contributed by atoms with Crippen LogP contribution in [0.5, 0.6) is 0 Å². The topological polar surface area (TPSA) is 12.0 Å². The first-order chi connectivity index (χ1) is 4.43. The van der Waals surface area contributed by atoms with Gasteiger partial charge in [-0.05, 0) is 32.2 Å². The molecule has 0 spiro atoms. The van der Waals surface area contributed by atoms with Gasteiger partial charge in [-0.2, -0.15) is 0 Å². The minimum Gasteiger partial charge on any atom is -0.319 e. The molecule has 2 heteroatoms. The second kappa shape index (κ2) is 5.75. The molecule has 1 rings (SSSR count). The third-order valence-electron chi connectivity index (χ3n) is 1.82. The summed E-state index contributed by atoms with van der Waals surface area (Å²) in [7, 11) is 2.02. The van der Waals surface area contributed by atoms with E-state index in [0.29, 0.717) is 0 Å². The summed E-state index contributed by atoms with van der Waals surface area (Å²) in [6.45, 7) is 1.15. The Balaban J connectivity index is 0.000000810. The van der Waals surface area contributed by atoms with Crippen molar-refractivity contribution in [1.82, 2.24) is 5.32 Å². The Bertz CT molecular complexity index is 101. The van der Waals surface area contributed by atoms with Gasteiger partial charge >= 0.3 is 0 Å². The standard InChI is InChI=1S/C8H15N.ClH/c1-9-7-8-5-3-2-4-6-8;/h3,5,8-9H,2,4,6-7H2,1H3;1H. The lowest BCUT2D eigenvalue weighted by Crippen LogP contribution is -2.18. The van der Waals surface area contributed by atoms with E-state index in [2.05, 4.69) is 17.5 Å². The first-order valence-electron chi connectivity index (χ1n) is 3.74.